The third-order valence-corrected chi connectivity index (χ3v) is 3.37. The summed E-state index contributed by atoms with van der Waals surface area (Å²) in [6.07, 6.45) is 0. The maximum Gasteiger partial charge on any atom is 0.205 e. The standard InChI is InChI=1S/C11H8BrNOS/c12-7-3-4-9(13)8(6-7)11(14)10-2-1-5-15-10/h1-6H,13H2. The molecule has 0 saturated heterocycles. The topological polar surface area (TPSA) is 43.1 Å². The molecule has 0 bridgehead atoms. The monoisotopic (exact) mass is 281 g/mol. The van der Waals surface area contributed by atoms with E-state index in [1.165, 1.54) is 11.3 Å². The quantitative estimate of drug-likeness (QED) is 0.678. The van der Waals surface area contributed by atoms with Gasteiger partial charge in [-0.2, -0.15) is 0 Å². The molecule has 76 valence electrons. The van der Waals surface area contributed by atoms with Crippen molar-refractivity contribution in [3.05, 3.63) is 50.6 Å². The van der Waals surface area contributed by atoms with E-state index in [1.807, 2.05) is 17.5 Å². The van der Waals surface area contributed by atoms with Crippen molar-refractivity contribution in [3.8, 4) is 0 Å². The number of nitrogen functional groups attached to an aromatic ring is 1. The lowest BCUT2D eigenvalue weighted by Gasteiger charge is -2.03. The third kappa shape index (κ3) is 2.11. The summed E-state index contributed by atoms with van der Waals surface area (Å²) in [5.41, 5.74) is 6.82. The van der Waals surface area contributed by atoms with Gasteiger partial charge in [0, 0.05) is 15.7 Å². The Morgan fingerprint density at radius 3 is 2.80 bits per heavy atom. The van der Waals surface area contributed by atoms with Crippen LogP contribution >= 0.6 is 27.3 Å². The van der Waals surface area contributed by atoms with Crippen molar-refractivity contribution in [3.63, 3.8) is 0 Å². The van der Waals surface area contributed by atoms with Gasteiger partial charge in [-0.25, -0.2) is 0 Å². The largest absolute Gasteiger partial charge is 0.398 e. The molecule has 0 saturated carbocycles. The number of hydrogen-bond donors (Lipinski definition) is 1. The van der Waals surface area contributed by atoms with Crippen LogP contribution in [0.4, 0.5) is 5.69 Å². The molecule has 1 aromatic heterocycles. The van der Waals surface area contributed by atoms with Gasteiger partial charge in [-0.1, -0.05) is 22.0 Å². The van der Waals surface area contributed by atoms with Gasteiger partial charge in [-0.15, -0.1) is 11.3 Å². The molecule has 2 N–H and O–H groups in total. The molecule has 2 rings (SSSR count). The minimum atomic E-state index is -0.0243. The number of ketones is 1. The van der Waals surface area contributed by atoms with Crippen molar-refractivity contribution in [1.29, 1.82) is 0 Å². The predicted molar refractivity (Wildman–Crippen MR) is 66.3 cm³/mol. The summed E-state index contributed by atoms with van der Waals surface area (Å²) >= 11 is 4.74. The van der Waals surface area contributed by atoms with Crippen LogP contribution in [-0.2, 0) is 0 Å². The highest BCUT2D eigenvalue weighted by molar-refractivity contribution is 9.10. The van der Waals surface area contributed by atoms with Crippen molar-refractivity contribution in [2.75, 3.05) is 5.73 Å². The molecular weight excluding hydrogens is 274 g/mol. The summed E-state index contributed by atoms with van der Waals surface area (Å²) in [4.78, 5) is 12.7. The summed E-state index contributed by atoms with van der Waals surface area (Å²) in [6.45, 7) is 0. The fourth-order valence-electron chi connectivity index (χ4n) is 1.27. The van der Waals surface area contributed by atoms with Gasteiger partial charge in [0.25, 0.3) is 0 Å². The first-order valence-corrected chi connectivity index (χ1v) is 5.99. The number of halogens is 1. The molecule has 0 aliphatic heterocycles. The molecule has 2 aromatic rings. The van der Waals surface area contributed by atoms with Gasteiger partial charge in [-0.3, -0.25) is 4.79 Å². The molecular formula is C11H8BrNOS. The minimum Gasteiger partial charge on any atom is -0.398 e. The highest BCUT2D eigenvalue weighted by Crippen LogP contribution is 2.23. The zero-order valence-corrected chi connectivity index (χ0v) is 10.1. The van der Waals surface area contributed by atoms with E-state index in [2.05, 4.69) is 15.9 Å². The molecule has 1 heterocycles. The van der Waals surface area contributed by atoms with E-state index in [0.717, 1.165) is 4.47 Å². The average molecular weight is 282 g/mol. The van der Waals surface area contributed by atoms with E-state index in [4.69, 9.17) is 5.73 Å². The highest BCUT2D eigenvalue weighted by atomic mass is 79.9. The molecule has 4 heteroatoms. The van der Waals surface area contributed by atoms with Crippen LogP contribution in [0.25, 0.3) is 0 Å². The zero-order valence-electron chi connectivity index (χ0n) is 7.74. The number of carbonyl (C=O) groups is 1. The van der Waals surface area contributed by atoms with E-state index in [9.17, 15) is 4.79 Å². The number of hydrogen-bond acceptors (Lipinski definition) is 3. The molecule has 1 aromatic carbocycles. The number of thiophene rings is 1. The Kier molecular flexibility index (Phi) is 2.88. The molecule has 2 nitrogen and oxygen atoms in total. The van der Waals surface area contributed by atoms with E-state index in [-0.39, 0.29) is 5.78 Å². The van der Waals surface area contributed by atoms with Gasteiger partial charge in [0.15, 0.2) is 0 Å². The van der Waals surface area contributed by atoms with Crippen LogP contribution < -0.4 is 5.73 Å². The smallest absolute Gasteiger partial charge is 0.205 e. The Balaban J connectivity index is 2.46. The van der Waals surface area contributed by atoms with Crippen LogP contribution in [0, 0.1) is 0 Å². The lowest BCUT2D eigenvalue weighted by atomic mass is 10.1. The lowest BCUT2D eigenvalue weighted by Crippen LogP contribution is -2.03. The fourth-order valence-corrected chi connectivity index (χ4v) is 2.30. The van der Waals surface area contributed by atoms with E-state index >= 15 is 0 Å². The van der Waals surface area contributed by atoms with E-state index in [1.54, 1.807) is 18.2 Å². The van der Waals surface area contributed by atoms with Gasteiger partial charge < -0.3 is 5.73 Å². The Morgan fingerprint density at radius 2 is 2.13 bits per heavy atom. The molecule has 0 spiro atoms. The SMILES string of the molecule is Nc1ccc(Br)cc1C(=O)c1cccs1. The number of anilines is 1. The van der Waals surface area contributed by atoms with Crippen molar-refractivity contribution >= 4 is 38.7 Å². The van der Waals surface area contributed by atoms with Crippen LogP contribution in [0.15, 0.2) is 40.2 Å². The summed E-state index contributed by atoms with van der Waals surface area (Å²) in [7, 11) is 0. The second kappa shape index (κ2) is 4.16. The first-order chi connectivity index (χ1) is 7.18. The second-order valence-corrected chi connectivity index (χ2v) is 4.90. The number of nitrogens with two attached hydrogens (primary N) is 1. The maximum atomic E-state index is 12.0. The molecule has 0 unspecified atom stereocenters. The van der Waals surface area contributed by atoms with Crippen molar-refractivity contribution in [2.45, 2.75) is 0 Å². The average Bonchev–Trinajstić information content (AvgIpc) is 2.74. The normalized spacial score (nSPS) is 10.2. The van der Waals surface area contributed by atoms with Gasteiger partial charge in [-0.05, 0) is 29.6 Å². The Bertz CT molecular complexity index is 493. The van der Waals surface area contributed by atoms with Gasteiger partial charge >= 0.3 is 0 Å². The summed E-state index contributed by atoms with van der Waals surface area (Å²) < 4.78 is 0.858. The van der Waals surface area contributed by atoms with E-state index < -0.39 is 0 Å². The van der Waals surface area contributed by atoms with Gasteiger partial charge in [0.2, 0.25) is 5.78 Å². The summed E-state index contributed by atoms with van der Waals surface area (Å²) in [6, 6.07) is 8.95. The molecule has 15 heavy (non-hydrogen) atoms. The van der Waals surface area contributed by atoms with Crippen LogP contribution in [-0.4, -0.2) is 5.78 Å². The molecule has 0 radical (unpaired) electrons. The summed E-state index contributed by atoms with van der Waals surface area (Å²) in [5.74, 6) is -0.0243. The molecule has 0 amide bonds. The van der Waals surface area contributed by atoms with Crippen LogP contribution in [0.3, 0.4) is 0 Å². The number of carbonyl (C=O) groups excluding carboxylic acids is 1. The Morgan fingerprint density at radius 1 is 1.33 bits per heavy atom. The van der Waals surface area contributed by atoms with E-state index in [0.29, 0.717) is 16.1 Å². The number of rotatable bonds is 2. The molecule has 0 atom stereocenters. The van der Waals surface area contributed by atoms with Crippen LogP contribution in [0.1, 0.15) is 15.2 Å². The Labute approximate surface area is 99.9 Å². The van der Waals surface area contributed by atoms with Gasteiger partial charge in [0.05, 0.1) is 4.88 Å². The maximum absolute atomic E-state index is 12.0. The molecule has 0 aliphatic carbocycles. The van der Waals surface area contributed by atoms with Crippen LogP contribution in [0.2, 0.25) is 0 Å². The fraction of sp³-hybridized carbons (Fsp3) is 0. The van der Waals surface area contributed by atoms with Crippen molar-refractivity contribution < 1.29 is 4.79 Å². The Hall–Kier alpha value is -1.13. The lowest BCUT2D eigenvalue weighted by molar-refractivity contribution is 0.104. The molecule has 0 fully saturated rings. The first-order valence-electron chi connectivity index (χ1n) is 4.31. The van der Waals surface area contributed by atoms with Gasteiger partial charge in [0.1, 0.15) is 0 Å². The van der Waals surface area contributed by atoms with Crippen molar-refractivity contribution in [1.82, 2.24) is 0 Å². The first kappa shape index (κ1) is 10.4. The predicted octanol–water partition coefficient (Wildman–Crippen LogP) is 3.32. The zero-order chi connectivity index (χ0) is 10.8. The minimum absolute atomic E-state index is 0.0243. The highest BCUT2D eigenvalue weighted by Gasteiger charge is 2.13. The number of benzene rings is 1. The molecule has 0 aliphatic rings. The van der Waals surface area contributed by atoms with Crippen molar-refractivity contribution in [2.24, 2.45) is 0 Å². The second-order valence-electron chi connectivity index (χ2n) is 3.04. The van der Waals surface area contributed by atoms with Crippen LogP contribution in [0.5, 0.6) is 0 Å². The third-order valence-electron chi connectivity index (χ3n) is 2.00. The summed E-state index contributed by atoms with van der Waals surface area (Å²) in [5, 5.41) is 1.88.